The van der Waals surface area contributed by atoms with E-state index in [9.17, 15) is 9.59 Å². The van der Waals surface area contributed by atoms with Crippen LogP contribution in [0.15, 0.2) is 22.8 Å². The van der Waals surface area contributed by atoms with E-state index in [0.717, 1.165) is 0 Å². The van der Waals surface area contributed by atoms with Gasteiger partial charge in [0, 0.05) is 12.1 Å². The summed E-state index contributed by atoms with van der Waals surface area (Å²) >= 11 is 0. The van der Waals surface area contributed by atoms with E-state index in [2.05, 4.69) is 0 Å². The molecule has 2 rings (SSSR count). The minimum atomic E-state index is -0.726. The molecule has 0 fully saturated rings. The molecule has 7 nitrogen and oxygen atoms in total. The maximum atomic E-state index is 11.9. The van der Waals surface area contributed by atoms with Crippen LogP contribution >= 0.6 is 0 Å². The molecule has 2 aromatic rings. The number of ether oxygens (including phenoxy) is 2. The quantitative estimate of drug-likeness (QED) is 0.828. The van der Waals surface area contributed by atoms with Crippen molar-refractivity contribution < 1.29 is 23.5 Å². The number of carbonyl (C=O) groups is 2. The Bertz CT molecular complexity index is 626. The van der Waals surface area contributed by atoms with Crippen LogP contribution in [0.1, 0.15) is 24.3 Å². The topological polar surface area (TPSA) is 96.7 Å². The highest BCUT2D eigenvalue weighted by Gasteiger charge is 2.19. The number of hydrogen-bond acceptors (Lipinski definition) is 6. The summed E-state index contributed by atoms with van der Waals surface area (Å²) < 4.78 is 16.7. The fourth-order valence-corrected chi connectivity index (χ4v) is 1.75. The summed E-state index contributed by atoms with van der Waals surface area (Å²) in [5.41, 5.74) is 6.84. The summed E-state index contributed by atoms with van der Waals surface area (Å²) in [5.74, 6) is -1.05. The number of hydrogen-bond donors (Lipinski definition) is 1. The van der Waals surface area contributed by atoms with E-state index in [1.807, 2.05) is 0 Å². The van der Waals surface area contributed by atoms with Crippen LogP contribution in [-0.4, -0.2) is 29.2 Å². The van der Waals surface area contributed by atoms with Crippen molar-refractivity contribution in [3.05, 3.63) is 24.1 Å². The number of furan rings is 1. The first-order valence-corrected chi connectivity index (χ1v) is 6.20. The zero-order valence-electron chi connectivity index (χ0n) is 11.3. The fraction of sp³-hybridized carbons (Fsp3) is 0.385. The van der Waals surface area contributed by atoms with Crippen LogP contribution in [0, 0.1) is 0 Å². The van der Waals surface area contributed by atoms with Gasteiger partial charge in [-0.25, -0.2) is 4.79 Å². The molecule has 1 atom stereocenters. The van der Waals surface area contributed by atoms with Crippen LogP contribution in [-0.2, 0) is 21.0 Å². The molecule has 0 unspecified atom stereocenters. The third-order valence-electron chi connectivity index (χ3n) is 2.72. The average molecular weight is 280 g/mol. The number of nitrogens with two attached hydrogens (primary N) is 1. The third-order valence-corrected chi connectivity index (χ3v) is 2.72. The molecule has 0 saturated carbocycles. The smallest absolute Gasteiger partial charge is 0.355 e. The molecule has 0 aliphatic heterocycles. The summed E-state index contributed by atoms with van der Waals surface area (Å²) in [7, 11) is 0. The minimum Gasteiger partial charge on any atom is -0.463 e. The van der Waals surface area contributed by atoms with Gasteiger partial charge >= 0.3 is 11.9 Å². The highest BCUT2D eigenvalue weighted by molar-refractivity contribution is 5.94. The van der Waals surface area contributed by atoms with Crippen LogP contribution < -0.4 is 5.73 Å². The van der Waals surface area contributed by atoms with Crippen molar-refractivity contribution in [3.63, 3.8) is 0 Å². The lowest BCUT2D eigenvalue weighted by Gasteiger charge is -2.11. The second-order valence-electron chi connectivity index (χ2n) is 4.23. The molecule has 0 aliphatic carbocycles. The first-order valence-electron chi connectivity index (χ1n) is 6.20. The molecular formula is C13H16N2O5. The Balaban J connectivity index is 2.28. The van der Waals surface area contributed by atoms with Crippen molar-refractivity contribution >= 4 is 23.0 Å². The van der Waals surface area contributed by atoms with E-state index in [1.165, 1.54) is 17.8 Å². The van der Waals surface area contributed by atoms with Gasteiger partial charge in [0.05, 0.1) is 18.4 Å². The monoisotopic (exact) mass is 280 g/mol. The maximum Gasteiger partial charge on any atom is 0.355 e. The van der Waals surface area contributed by atoms with Crippen LogP contribution in [0.5, 0.6) is 0 Å². The van der Waals surface area contributed by atoms with Crippen LogP contribution in [0.4, 0.5) is 0 Å². The van der Waals surface area contributed by atoms with Crippen molar-refractivity contribution in [2.75, 3.05) is 6.61 Å². The summed E-state index contributed by atoms with van der Waals surface area (Å²) in [4.78, 5) is 23.3. The number of nitrogens with zero attached hydrogens (tertiary/aromatic N) is 1. The zero-order chi connectivity index (χ0) is 14.7. The van der Waals surface area contributed by atoms with Gasteiger partial charge in [0.25, 0.3) is 0 Å². The van der Waals surface area contributed by atoms with Gasteiger partial charge in [-0.3, -0.25) is 9.36 Å². The standard InChI is InChI=1S/C13H16N2O5/c1-3-18-13(17)10-6-11-9(4-5-19-11)15(10)7-20-12(16)8(2)14/h4-6,8H,3,7,14H2,1-2H3/t8-/m0/s1. The van der Waals surface area contributed by atoms with E-state index in [1.54, 1.807) is 19.1 Å². The number of aromatic nitrogens is 1. The lowest BCUT2D eigenvalue weighted by atomic mass is 10.4. The second-order valence-corrected chi connectivity index (χ2v) is 4.23. The van der Waals surface area contributed by atoms with Crippen molar-refractivity contribution in [2.45, 2.75) is 26.6 Å². The highest BCUT2D eigenvalue weighted by atomic mass is 16.5. The van der Waals surface area contributed by atoms with Gasteiger partial charge in [-0.05, 0) is 13.8 Å². The van der Waals surface area contributed by atoms with Gasteiger partial charge < -0.3 is 19.6 Å². The van der Waals surface area contributed by atoms with Gasteiger partial charge in [-0.1, -0.05) is 0 Å². The molecule has 0 spiro atoms. The van der Waals surface area contributed by atoms with Crippen molar-refractivity contribution in [1.82, 2.24) is 4.57 Å². The van der Waals surface area contributed by atoms with E-state index in [0.29, 0.717) is 11.1 Å². The second kappa shape index (κ2) is 5.79. The van der Waals surface area contributed by atoms with Crippen LogP contribution in [0.3, 0.4) is 0 Å². The maximum absolute atomic E-state index is 11.9. The molecule has 20 heavy (non-hydrogen) atoms. The van der Waals surface area contributed by atoms with Gasteiger partial charge in [0.15, 0.2) is 12.3 Å². The van der Waals surface area contributed by atoms with Crippen molar-refractivity contribution in [3.8, 4) is 0 Å². The van der Waals surface area contributed by atoms with E-state index < -0.39 is 18.0 Å². The highest BCUT2D eigenvalue weighted by Crippen LogP contribution is 2.22. The van der Waals surface area contributed by atoms with E-state index in [-0.39, 0.29) is 19.0 Å². The molecule has 0 aromatic carbocycles. The normalized spacial score (nSPS) is 12.3. The van der Waals surface area contributed by atoms with Crippen LogP contribution in [0.2, 0.25) is 0 Å². The SMILES string of the molecule is CCOC(=O)c1cc2occc2n1COC(=O)[C@H](C)N. The Labute approximate surface area is 115 Å². The zero-order valence-corrected chi connectivity index (χ0v) is 11.3. The van der Waals surface area contributed by atoms with Gasteiger partial charge in [-0.15, -0.1) is 0 Å². The Morgan fingerprint density at radius 3 is 2.85 bits per heavy atom. The molecule has 0 bridgehead atoms. The average Bonchev–Trinajstić information content (AvgIpc) is 2.96. The number of rotatable bonds is 5. The first kappa shape index (κ1) is 14.1. The number of esters is 2. The summed E-state index contributed by atoms with van der Waals surface area (Å²) in [6, 6.07) is 2.50. The lowest BCUT2D eigenvalue weighted by molar-refractivity contribution is -0.148. The molecule has 0 saturated heterocycles. The molecule has 2 N–H and O–H groups in total. The largest absolute Gasteiger partial charge is 0.463 e. The molecule has 0 radical (unpaired) electrons. The molecule has 0 aliphatic rings. The number of carbonyl (C=O) groups excluding carboxylic acids is 2. The van der Waals surface area contributed by atoms with E-state index >= 15 is 0 Å². The Kier molecular flexibility index (Phi) is 4.09. The molecule has 2 aromatic heterocycles. The molecule has 0 amide bonds. The Morgan fingerprint density at radius 2 is 2.20 bits per heavy atom. The predicted molar refractivity (Wildman–Crippen MR) is 69.9 cm³/mol. The van der Waals surface area contributed by atoms with E-state index in [4.69, 9.17) is 19.6 Å². The lowest BCUT2D eigenvalue weighted by Crippen LogP contribution is -2.29. The van der Waals surface area contributed by atoms with Gasteiger partial charge in [0.1, 0.15) is 11.7 Å². The molecule has 108 valence electrons. The molecular weight excluding hydrogens is 264 g/mol. The number of fused-ring (bicyclic) bond motifs is 1. The first-order chi connectivity index (χ1) is 9.54. The Hall–Kier alpha value is -2.28. The predicted octanol–water partition coefficient (Wildman–Crippen LogP) is 1.26. The van der Waals surface area contributed by atoms with Gasteiger partial charge in [0.2, 0.25) is 0 Å². The van der Waals surface area contributed by atoms with Crippen molar-refractivity contribution in [2.24, 2.45) is 5.73 Å². The van der Waals surface area contributed by atoms with Crippen molar-refractivity contribution in [1.29, 1.82) is 0 Å². The summed E-state index contributed by atoms with van der Waals surface area (Å²) in [6.45, 7) is 3.37. The third kappa shape index (κ3) is 2.67. The summed E-state index contributed by atoms with van der Waals surface area (Å²) in [5, 5.41) is 0. The summed E-state index contributed by atoms with van der Waals surface area (Å²) in [6.07, 6.45) is 1.49. The minimum absolute atomic E-state index is 0.127. The fourth-order valence-electron chi connectivity index (χ4n) is 1.75. The van der Waals surface area contributed by atoms with Gasteiger partial charge in [-0.2, -0.15) is 0 Å². The molecule has 2 heterocycles. The van der Waals surface area contributed by atoms with Crippen LogP contribution in [0.25, 0.3) is 11.1 Å². The molecule has 7 heteroatoms. The Morgan fingerprint density at radius 1 is 1.45 bits per heavy atom.